The zero-order chi connectivity index (χ0) is 20.9. The van der Waals surface area contributed by atoms with Crippen molar-refractivity contribution in [2.24, 2.45) is 0 Å². The van der Waals surface area contributed by atoms with Crippen LogP contribution in [0.1, 0.15) is 0 Å². The number of piperazine rings is 1. The summed E-state index contributed by atoms with van der Waals surface area (Å²) >= 11 is 0. The van der Waals surface area contributed by atoms with Crippen molar-refractivity contribution < 1.29 is 24.5 Å². The first-order valence-corrected chi connectivity index (χ1v) is 10.6. The number of ether oxygens (including phenoxy) is 2. The normalized spacial score (nSPS) is 28.6. The van der Waals surface area contributed by atoms with Crippen LogP contribution < -0.4 is 10.2 Å². The third-order valence-corrected chi connectivity index (χ3v) is 6.10. The van der Waals surface area contributed by atoms with E-state index in [4.69, 9.17) is 9.47 Å². The maximum Gasteiger partial charge on any atom is 0.317 e. The number of halogens is 2. The van der Waals surface area contributed by atoms with Crippen molar-refractivity contribution in [2.75, 3.05) is 70.5 Å². The average molecular weight is 494 g/mol. The van der Waals surface area contributed by atoms with Crippen LogP contribution in [-0.4, -0.2) is 121 Å². The van der Waals surface area contributed by atoms with Crippen LogP contribution in [0.5, 0.6) is 0 Å². The number of anilines is 1. The minimum absolute atomic E-state index is 0. The van der Waals surface area contributed by atoms with Crippen LogP contribution in [0.25, 0.3) is 0 Å². The van der Waals surface area contributed by atoms with E-state index in [1.165, 1.54) is 0 Å². The van der Waals surface area contributed by atoms with Gasteiger partial charge < -0.3 is 34.8 Å². The van der Waals surface area contributed by atoms with Crippen molar-refractivity contribution in [1.29, 1.82) is 0 Å². The smallest absolute Gasteiger partial charge is 0.317 e. The second-order valence-electron chi connectivity index (χ2n) is 7.87. The zero-order valence-electron chi connectivity index (χ0n) is 17.9. The van der Waals surface area contributed by atoms with E-state index in [2.05, 4.69) is 20.1 Å². The Kier molecular flexibility index (Phi) is 10.7. The lowest BCUT2D eigenvalue weighted by Gasteiger charge is -2.40. The summed E-state index contributed by atoms with van der Waals surface area (Å²) in [7, 11) is 0. The molecule has 0 bridgehead atoms. The van der Waals surface area contributed by atoms with E-state index in [1.54, 1.807) is 11.1 Å². The number of rotatable bonds is 5. The summed E-state index contributed by atoms with van der Waals surface area (Å²) in [6.07, 6.45) is -0.0469. The van der Waals surface area contributed by atoms with Gasteiger partial charge in [0.1, 0.15) is 18.0 Å². The van der Waals surface area contributed by atoms with Gasteiger partial charge in [-0.15, -0.1) is 24.8 Å². The molecule has 1 aromatic rings. The molecule has 3 aliphatic rings. The second-order valence-corrected chi connectivity index (χ2v) is 7.87. The Labute approximate surface area is 200 Å². The molecule has 4 heterocycles. The van der Waals surface area contributed by atoms with E-state index in [0.29, 0.717) is 26.3 Å². The van der Waals surface area contributed by atoms with Crippen LogP contribution in [-0.2, 0) is 9.47 Å². The number of hydrogen-bond donors (Lipinski definition) is 3. The Bertz CT molecular complexity index is 692. The van der Waals surface area contributed by atoms with E-state index in [0.717, 1.165) is 32.0 Å². The van der Waals surface area contributed by atoms with Gasteiger partial charge in [0, 0.05) is 52.0 Å². The van der Waals surface area contributed by atoms with Crippen molar-refractivity contribution in [3.05, 3.63) is 24.4 Å². The second kappa shape index (κ2) is 12.7. The van der Waals surface area contributed by atoms with Crippen molar-refractivity contribution in [2.45, 2.75) is 24.4 Å². The fourth-order valence-electron chi connectivity index (χ4n) is 4.45. The number of nitrogens with zero attached hydrogens (tertiary/aromatic N) is 4. The number of nitrogens with one attached hydrogen (secondary N) is 1. The lowest BCUT2D eigenvalue weighted by atomic mass is 10.0. The number of carbonyl (C=O) groups is 1. The fourth-order valence-corrected chi connectivity index (χ4v) is 4.45. The van der Waals surface area contributed by atoms with Crippen LogP contribution in [0.3, 0.4) is 0 Å². The highest BCUT2D eigenvalue weighted by Gasteiger charge is 2.46. The molecule has 4 rings (SSSR count). The van der Waals surface area contributed by atoms with Crippen molar-refractivity contribution in [1.82, 2.24) is 20.1 Å². The largest absolute Gasteiger partial charge is 0.394 e. The van der Waals surface area contributed by atoms with Crippen molar-refractivity contribution in [3.63, 3.8) is 0 Å². The Balaban J connectivity index is 0.00000181. The Morgan fingerprint density at radius 3 is 2.44 bits per heavy atom. The van der Waals surface area contributed by atoms with E-state index >= 15 is 0 Å². The number of amides is 2. The predicted octanol–water partition coefficient (Wildman–Crippen LogP) is -0.422. The summed E-state index contributed by atoms with van der Waals surface area (Å²) < 4.78 is 11.2. The lowest BCUT2D eigenvalue weighted by Crippen LogP contribution is -2.58. The molecule has 1 aromatic heterocycles. The average Bonchev–Trinajstić information content (AvgIpc) is 3.14. The van der Waals surface area contributed by atoms with E-state index in [1.807, 2.05) is 18.2 Å². The van der Waals surface area contributed by atoms with Crippen molar-refractivity contribution in [3.8, 4) is 0 Å². The quantitative estimate of drug-likeness (QED) is 0.507. The van der Waals surface area contributed by atoms with Gasteiger partial charge in [-0.05, 0) is 12.1 Å². The van der Waals surface area contributed by atoms with Gasteiger partial charge >= 0.3 is 6.03 Å². The topological polar surface area (TPSA) is 111 Å². The van der Waals surface area contributed by atoms with Gasteiger partial charge in [-0.2, -0.15) is 0 Å². The fraction of sp³-hybridized carbons (Fsp3) is 0.700. The van der Waals surface area contributed by atoms with Gasteiger partial charge in [-0.3, -0.25) is 4.90 Å². The van der Waals surface area contributed by atoms with Crippen LogP contribution in [0.4, 0.5) is 10.6 Å². The Morgan fingerprint density at radius 1 is 1.09 bits per heavy atom. The molecule has 4 atom stereocenters. The molecule has 0 saturated carbocycles. The van der Waals surface area contributed by atoms with Crippen LogP contribution >= 0.6 is 24.8 Å². The molecule has 0 aliphatic carbocycles. The summed E-state index contributed by atoms with van der Waals surface area (Å²) in [5.41, 5.74) is 0. The molecule has 3 aliphatic heterocycles. The highest BCUT2D eigenvalue weighted by molar-refractivity contribution is 5.85. The monoisotopic (exact) mass is 493 g/mol. The molecule has 3 N–H and O–H groups in total. The highest BCUT2D eigenvalue weighted by Crippen LogP contribution is 2.27. The molecule has 3 fully saturated rings. The molecule has 0 unspecified atom stereocenters. The summed E-state index contributed by atoms with van der Waals surface area (Å²) in [5.74, 6) is 0.947. The van der Waals surface area contributed by atoms with Gasteiger partial charge in [-0.1, -0.05) is 6.07 Å². The van der Waals surface area contributed by atoms with E-state index in [-0.39, 0.29) is 56.1 Å². The molecule has 10 nitrogen and oxygen atoms in total. The third kappa shape index (κ3) is 6.13. The van der Waals surface area contributed by atoms with Gasteiger partial charge in [0.15, 0.2) is 0 Å². The summed E-state index contributed by atoms with van der Waals surface area (Å²) in [6.45, 7) is 5.32. The summed E-state index contributed by atoms with van der Waals surface area (Å²) in [6, 6.07) is 5.44. The van der Waals surface area contributed by atoms with Gasteiger partial charge in [0.25, 0.3) is 0 Å². The van der Waals surface area contributed by atoms with Crippen LogP contribution in [0.15, 0.2) is 24.4 Å². The molecule has 0 radical (unpaired) electrons. The number of morpholine rings is 1. The molecular weight excluding hydrogens is 461 g/mol. The van der Waals surface area contributed by atoms with Crippen molar-refractivity contribution >= 4 is 36.7 Å². The number of hydrogen-bond acceptors (Lipinski definition) is 8. The minimum Gasteiger partial charge on any atom is -0.394 e. The third-order valence-electron chi connectivity index (χ3n) is 6.10. The first-order valence-electron chi connectivity index (χ1n) is 10.6. The number of aromatic nitrogens is 1. The van der Waals surface area contributed by atoms with Crippen LogP contribution in [0.2, 0.25) is 0 Å². The highest BCUT2D eigenvalue weighted by atomic mass is 35.5. The molecule has 32 heavy (non-hydrogen) atoms. The number of pyridine rings is 1. The summed E-state index contributed by atoms with van der Waals surface area (Å²) in [5, 5.41) is 23.3. The molecule has 12 heteroatoms. The number of urea groups is 1. The predicted molar refractivity (Wildman–Crippen MR) is 124 cm³/mol. The number of aliphatic hydroxyl groups excluding tert-OH is 2. The number of carbonyl (C=O) groups excluding carboxylic acids is 1. The molecule has 2 amide bonds. The standard InChI is InChI=1S/C20H31N5O5.2ClH/c26-14-16-19(27)18(15(30-16)13-22-20(28)25-9-11-29-12-10-25)24-7-5-23(6-8-24)17-3-1-2-4-21-17;;/h1-4,15-16,18-19,26-27H,5-14H2,(H,22,28);2*1H/t15-,16+,18+,19-;;/m1../s1. The molecule has 3 saturated heterocycles. The van der Waals surface area contributed by atoms with Crippen LogP contribution in [0, 0.1) is 0 Å². The first kappa shape index (κ1) is 26.8. The minimum atomic E-state index is -0.804. The SMILES string of the molecule is Cl.Cl.O=C(NC[C@H]1O[C@@H](CO)[C@@H](O)[C@H]1N1CCN(c2ccccn2)CC1)N1CCOCC1. The van der Waals surface area contributed by atoms with E-state index in [9.17, 15) is 15.0 Å². The molecule has 0 spiro atoms. The maximum absolute atomic E-state index is 12.4. The zero-order valence-corrected chi connectivity index (χ0v) is 19.5. The molecular formula is C20H33Cl2N5O5. The van der Waals surface area contributed by atoms with Gasteiger partial charge in [-0.25, -0.2) is 9.78 Å². The molecule has 182 valence electrons. The van der Waals surface area contributed by atoms with E-state index < -0.39 is 12.2 Å². The Hall–Kier alpha value is -1.40. The first-order chi connectivity index (χ1) is 14.7. The Morgan fingerprint density at radius 2 is 1.81 bits per heavy atom. The lowest BCUT2D eigenvalue weighted by molar-refractivity contribution is -0.0211. The maximum atomic E-state index is 12.4. The molecule has 0 aromatic carbocycles. The summed E-state index contributed by atoms with van der Waals surface area (Å²) in [4.78, 5) is 23.0. The van der Waals surface area contributed by atoms with Gasteiger partial charge in [0.2, 0.25) is 0 Å². The van der Waals surface area contributed by atoms with Gasteiger partial charge in [0.05, 0.1) is 32.0 Å². The number of aliphatic hydroxyl groups is 2.